The van der Waals surface area contributed by atoms with Gasteiger partial charge < -0.3 is 10.2 Å². The van der Waals surface area contributed by atoms with Crippen LogP contribution in [0.2, 0.25) is 0 Å². The quantitative estimate of drug-likeness (QED) is 0.150. The van der Waals surface area contributed by atoms with Crippen molar-refractivity contribution in [3.63, 3.8) is 0 Å². The third kappa shape index (κ3) is 10.6. The zero-order valence-corrected chi connectivity index (χ0v) is 18.3. The summed E-state index contributed by atoms with van der Waals surface area (Å²) in [5, 5.41) is 34.2. The van der Waals surface area contributed by atoms with Crippen molar-refractivity contribution in [1.29, 1.82) is 0 Å². The number of hydrogen-bond acceptors (Lipinski definition) is 6. The average Bonchev–Trinajstić information content (AvgIpc) is 2.58. The maximum atomic E-state index is 10.8. The van der Waals surface area contributed by atoms with Gasteiger partial charge in [-0.15, -0.1) is 6.58 Å². The molecule has 0 aromatic heterocycles. The minimum absolute atomic E-state index is 0.0352. The number of allylic oxidation sites excluding steroid dienone is 2. The van der Waals surface area contributed by atoms with Gasteiger partial charge >= 0.3 is 0 Å². The maximum absolute atomic E-state index is 10.8. The lowest BCUT2D eigenvalue weighted by Gasteiger charge is -2.41. The molecule has 0 heterocycles. The van der Waals surface area contributed by atoms with Crippen molar-refractivity contribution in [3.8, 4) is 0 Å². The molecule has 4 atom stereocenters. The summed E-state index contributed by atoms with van der Waals surface area (Å²) in [6, 6.07) is 0. The zero-order valence-electron chi connectivity index (χ0n) is 18.3. The Bertz CT molecular complexity index is 462. The minimum Gasteiger partial charge on any atom is -0.378 e. The van der Waals surface area contributed by atoms with Gasteiger partial charge in [0, 0.05) is 13.1 Å². The van der Waals surface area contributed by atoms with Crippen LogP contribution < -0.4 is 5.32 Å². The summed E-state index contributed by atoms with van der Waals surface area (Å²) in [5.74, 6) is 0.335. The molecule has 0 spiro atoms. The molecular weight excluding hydrogens is 342 g/mol. The predicted molar refractivity (Wildman–Crippen MR) is 112 cm³/mol. The van der Waals surface area contributed by atoms with Crippen molar-refractivity contribution in [3.05, 3.63) is 24.8 Å². The third-order valence-corrected chi connectivity index (χ3v) is 4.27. The molecule has 0 bridgehead atoms. The van der Waals surface area contributed by atoms with Gasteiger partial charge in [0.25, 0.3) is 0 Å². The van der Waals surface area contributed by atoms with Crippen LogP contribution >= 0.6 is 0 Å². The maximum Gasteiger partial charge on any atom is 0.142 e. The molecule has 3 N–H and O–H groups in total. The van der Waals surface area contributed by atoms with E-state index in [1.54, 1.807) is 24.0 Å². The summed E-state index contributed by atoms with van der Waals surface area (Å²) in [7, 11) is 3.39. The number of hydrogen-bond donors (Lipinski definition) is 3. The first kappa shape index (κ1) is 25.7. The summed E-state index contributed by atoms with van der Waals surface area (Å²) in [6.07, 6.45) is 5.28. The molecule has 0 radical (unpaired) electrons. The Labute approximate surface area is 165 Å². The van der Waals surface area contributed by atoms with E-state index in [0.717, 1.165) is 6.42 Å². The molecule has 0 aromatic rings. The van der Waals surface area contributed by atoms with Gasteiger partial charge in [-0.3, -0.25) is 15.2 Å². The molecule has 3 unspecified atom stereocenters. The van der Waals surface area contributed by atoms with Crippen molar-refractivity contribution in [2.75, 3.05) is 27.2 Å². The van der Waals surface area contributed by atoms with E-state index in [1.165, 1.54) is 0 Å². The number of nitrogens with one attached hydrogen (secondary N) is 1. The number of aliphatic hydroxyl groups is 2. The molecule has 7 heteroatoms. The van der Waals surface area contributed by atoms with Crippen LogP contribution in [0.15, 0.2) is 35.1 Å². The summed E-state index contributed by atoms with van der Waals surface area (Å²) in [4.78, 5) is 1.75. The molecule has 0 aromatic carbocycles. The first-order valence-corrected chi connectivity index (χ1v) is 9.74. The first-order chi connectivity index (χ1) is 12.6. The number of likely N-dealkylation sites (N-methyl/N-ethyl adjacent to an activating group) is 2. The summed E-state index contributed by atoms with van der Waals surface area (Å²) >= 11 is 0. The van der Waals surface area contributed by atoms with Gasteiger partial charge in [-0.1, -0.05) is 51.1 Å². The lowest BCUT2D eigenvalue weighted by atomic mass is 9.91. The van der Waals surface area contributed by atoms with E-state index in [-0.39, 0.29) is 5.41 Å². The van der Waals surface area contributed by atoms with Crippen LogP contribution in [0, 0.1) is 11.3 Å². The Kier molecular flexibility index (Phi) is 12.4. The second-order valence-electron chi connectivity index (χ2n) is 8.08. The van der Waals surface area contributed by atoms with Gasteiger partial charge in [-0.05, 0) is 38.1 Å². The van der Waals surface area contributed by atoms with Gasteiger partial charge in [0.1, 0.15) is 18.6 Å². The zero-order chi connectivity index (χ0) is 21.0. The van der Waals surface area contributed by atoms with Crippen molar-refractivity contribution < 1.29 is 10.2 Å². The Hall–Kier alpha value is -1.28. The molecule has 0 fully saturated rings. The van der Waals surface area contributed by atoms with E-state index in [0.29, 0.717) is 25.4 Å². The molecule has 0 rings (SSSR count). The number of aliphatic hydroxyl groups excluding tert-OH is 2. The molecule has 7 nitrogen and oxygen atoms in total. The fourth-order valence-electron chi connectivity index (χ4n) is 2.69. The molecule has 0 amide bonds. The number of rotatable bonds is 13. The molecular formula is C20H41N5O2. The van der Waals surface area contributed by atoms with Crippen LogP contribution in [-0.4, -0.2) is 65.9 Å². The summed E-state index contributed by atoms with van der Waals surface area (Å²) < 4.78 is 0. The topological polar surface area (TPSA) is 83.7 Å². The van der Waals surface area contributed by atoms with E-state index in [9.17, 15) is 10.2 Å². The third-order valence-electron chi connectivity index (χ3n) is 4.27. The van der Waals surface area contributed by atoms with Gasteiger partial charge in [-0.25, -0.2) is 0 Å². The first-order valence-electron chi connectivity index (χ1n) is 9.74. The predicted octanol–water partition coefficient (Wildman–Crippen LogP) is 2.99. The summed E-state index contributed by atoms with van der Waals surface area (Å²) in [5.41, 5.74) is -0.0352. The van der Waals surface area contributed by atoms with Gasteiger partial charge in [0.15, 0.2) is 0 Å². The Balaban J connectivity index is 5.07. The van der Waals surface area contributed by atoms with Gasteiger partial charge in [-0.2, -0.15) is 5.11 Å². The van der Waals surface area contributed by atoms with Crippen LogP contribution in [-0.2, 0) is 0 Å². The van der Waals surface area contributed by atoms with Crippen LogP contribution in [0.4, 0.5) is 0 Å². The molecule has 0 aliphatic rings. The molecule has 158 valence electrons. The smallest absolute Gasteiger partial charge is 0.142 e. The second kappa shape index (κ2) is 13.0. The van der Waals surface area contributed by atoms with Crippen molar-refractivity contribution in [2.24, 2.45) is 21.7 Å². The molecule has 27 heavy (non-hydrogen) atoms. The Morgan fingerprint density at radius 2 is 1.89 bits per heavy atom. The fourth-order valence-corrected chi connectivity index (χ4v) is 2.69. The highest BCUT2D eigenvalue weighted by atomic mass is 16.3. The largest absolute Gasteiger partial charge is 0.378 e. The van der Waals surface area contributed by atoms with E-state index in [4.69, 9.17) is 0 Å². The lowest BCUT2D eigenvalue weighted by molar-refractivity contribution is -0.125. The molecule has 0 saturated heterocycles. The molecule has 0 aliphatic carbocycles. The van der Waals surface area contributed by atoms with Crippen LogP contribution in [0.5, 0.6) is 0 Å². The van der Waals surface area contributed by atoms with Crippen LogP contribution in [0.1, 0.15) is 47.5 Å². The second-order valence-corrected chi connectivity index (χ2v) is 8.08. The molecule has 0 saturated carbocycles. The van der Waals surface area contributed by atoms with Crippen molar-refractivity contribution >= 4 is 0 Å². The highest BCUT2D eigenvalue weighted by molar-refractivity contribution is 4.95. The average molecular weight is 384 g/mol. The van der Waals surface area contributed by atoms with E-state index < -0.39 is 18.6 Å². The number of nitrogens with zero attached hydrogens (tertiary/aromatic N) is 4. The lowest BCUT2D eigenvalue weighted by Crippen LogP contribution is -2.59. The Morgan fingerprint density at radius 1 is 1.26 bits per heavy atom. The highest BCUT2D eigenvalue weighted by Crippen LogP contribution is 2.24. The highest BCUT2D eigenvalue weighted by Gasteiger charge is 2.33. The SMILES string of the molecule is C=CC(C)/C=C/CCNC(O)[C@H](N(CC)/N=N\C)N(C)C(O)CC(C)(C)C. The fraction of sp³-hybridized carbons (Fsp3) is 0.800. The summed E-state index contributed by atoms with van der Waals surface area (Å²) in [6.45, 7) is 15.2. The van der Waals surface area contributed by atoms with Gasteiger partial charge in [0.2, 0.25) is 0 Å². The van der Waals surface area contributed by atoms with Crippen molar-refractivity contribution in [1.82, 2.24) is 15.2 Å². The van der Waals surface area contributed by atoms with Crippen LogP contribution in [0.25, 0.3) is 0 Å². The molecule has 0 aliphatic heterocycles. The van der Waals surface area contributed by atoms with E-state index >= 15 is 0 Å². The van der Waals surface area contributed by atoms with Crippen molar-refractivity contribution in [2.45, 2.75) is 66.1 Å². The normalized spacial score (nSPS) is 17.4. The monoisotopic (exact) mass is 383 g/mol. The minimum atomic E-state index is -0.889. The van der Waals surface area contributed by atoms with Crippen LogP contribution in [0.3, 0.4) is 0 Å². The van der Waals surface area contributed by atoms with Gasteiger partial charge in [0.05, 0.1) is 7.05 Å². The Morgan fingerprint density at radius 3 is 2.37 bits per heavy atom. The van der Waals surface area contributed by atoms with E-state index in [1.807, 2.05) is 13.0 Å². The van der Waals surface area contributed by atoms with E-state index in [2.05, 4.69) is 62.1 Å². The standard InChI is InChI=1S/C20H41N5O2/c1-9-16(3)13-11-12-14-22-18(27)19(25(10-2)23-21-7)24(8)17(26)15-20(4,5)6/h9,11,13,16-19,22,26-27H,1,10,12,14-15H2,2-8H3/b13-11+,23-21-/t16?,17?,18?,19-/m0/s1.